The lowest BCUT2D eigenvalue weighted by Crippen LogP contribution is -2.34. The van der Waals surface area contributed by atoms with Crippen LogP contribution in [0.1, 0.15) is 36.8 Å². The van der Waals surface area contributed by atoms with Crippen molar-refractivity contribution in [3.63, 3.8) is 0 Å². The van der Waals surface area contributed by atoms with Gasteiger partial charge in [-0.05, 0) is 43.4 Å². The molecule has 1 aliphatic carbocycles. The zero-order chi connectivity index (χ0) is 13.7. The minimum Gasteiger partial charge on any atom is -0.481 e. The summed E-state index contributed by atoms with van der Waals surface area (Å²) < 4.78 is 0. The Morgan fingerprint density at radius 3 is 2.79 bits per heavy atom. The molecule has 2 rings (SSSR count). The van der Waals surface area contributed by atoms with E-state index in [9.17, 15) is 9.90 Å². The molecule has 0 aromatic heterocycles. The Balaban J connectivity index is 1.84. The van der Waals surface area contributed by atoms with Gasteiger partial charge in [0, 0.05) is 6.54 Å². The zero-order valence-electron chi connectivity index (χ0n) is 11.6. The highest BCUT2D eigenvalue weighted by atomic mass is 16.4. The number of carboxylic acid groups (broad SMARTS) is 1. The maximum atomic E-state index is 11.2. The quantitative estimate of drug-likeness (QED) is 0.856. The molecule has 1 aromatic rings. The van der Waals surface area contributed by atoms with Gasteiger partial charge in [0.05, 0.1) is 5.92 Å². The third-order valence-corrected chi connectivity index (χ3v) is 4.21. The smallest absolute Gasteiger partial charge is 0.306 e. The molecular formula is C16H23NO2. The minimum atomic E-state index is -0.623. The van der Waals surface area contributed by atoms with E-state index in [-0.39, 0.29) is 11.8 Å². The molecule has 19 heavy (non-hydrogen) atoms. The van der Waals surface area contributed by atoms with Crippen LogP contribution in [0.2, 0.25) is 0 Å². The van der Waals surface area contributed by atoms with E-state index < -0.39 is 5.97 Å². The predicted octanol–water partition coefficient (Wildman–Crippen LogP) is 2.98. The highest BCUT2D eigenvalue weighted by Gasteiger charge is 2.30. The number of aliphatic carboxylic acids is 1. The largest absolute Gasteiger partial charge is 0.481 e. The maximum Gasteiger partial charge on any atom is 0.306 e. The molecule has 1 fully saturated rings. The lowest BCUT2D eigenvalue weighted by Gasteiger charge is -2.28. The van der Waals surface area contributed by atoms with Gasteiger partial charge in [0.2, 0.25) is 0 Å². The van der Waals surface area contributed by atoms with Crippen molar-refractivity contribution in [2.45, 2.75) is 39.2 Å². The molecule has 0 radical (unpaired) electrons. The van der Waals surface area contributed by atoms with E-state index in [4.69, 9.17) is 0 Å². The Bertz CT molecular complexity index is 431. The van der Waals surface area contributed by atoms with Crippen LogP contribution in [0.15, 0.2) is 24.3 Å². The molecule has 0 amide bonds. The van der Waals surface area contributed by atoms with Crippen molar-refractivity contribution in [2.24, 2.45) is 11.8 Å². The Morgan fingerprint density at radius 1 is 1.32 bits per heavy atom. The van der Waals surface area contributed by atoms with Crippen molar-refractivity contribution in [1.29, 1.82) is 0 Å². The summed E-state index contributed by atoms with van der Waals surface area (Å²) in [5.74, 6) is -0.490. The van der Waals surface area contributed by atoms with E-state index in [1.54, 1.807) is 0 Å². The molecule has 2 atom stereocenters. The van der Waals surface area contributed by atoms with Crippen LogP contribution in [0.3, 0.4) is 0 Å². The van der Waals surface area contributed by atoms with E-state index in [1.165, 1.54) is 17.5 Å². The first-order valence-electron chi connectivity index (χ1n) is 7.16. The average Bonchev–Trinajstić information content (AvgIpc) is 2.41. The van der Waals surface area contributed by atoms with E-state index in [2.05, 4.69) is 24.4 Å². The summed E-state index contributed by atoms with van der Waals surface area (Å²) in [4.78, 5) is 11.2. The minimum absolute atomic E-state index is 0.155. The van der Waals surface area contributed by atoms with Gasteiger partial charge >= 0.3 is 5.97 Å². The van der Waals surface area contributed by atoms with Crippen LogP contribution in [0, 0.1) is 18.8 Å². The Hall–Kier alpha value is -1.35. The average molecular weight is 261 g/mol. The van der Waals surface area contributed by atoms with Crippen molar-refractivity contribution in [3.05, 3.63) is 35.4 Å². The van der Waals surface area contributed by atoms with Gasteiger partial charge in [0.1, 0.15) is 0 Å². The van der Waals surface area contributed by atoms with Gasteiger partial charge in [-0.25, -0.2) is 0 Å². The van der Waals surface area contributed by atoms with Crippen LogP contribution in [-0.4, -0.2) is 17.6 Å². The zero-order valence-corrected chi connectivity index (χ0v) is 11.6. The van der Waals surface area contributed by atoms with Gasteiger partial charge in [-0.1, -0.05) is 37.1 Å². The normalized spacial score (nSPS) is 23.2. The Kier molecular flexibility index (Phi) is 4.97. The molecular weight excluding hydrogens is 238 g/mol. The molecule has 1 aromatic carbocycles. The number of benzene rings is 1. The monoisotopic (exact) mass is 261 g/mol. The van der Waals surface area contributed by atoms with Gasteiger partial charge in [0.15, 0.2) is 0 Å². The molecule has 2 N–H and O–H groups in total. The number of hydrogen-bond donors (Lipinski definition) is 2. The molecule has 1 saturated carbocycles. The first kappa shape index (κ1) is 14.1. The summed E-state index contributed by atoms with van der Waals surface area (Å²) in [6.45, 7) is 3.75. The van der Waals surface area contributed by atoms with E-state index in [0.29, 0.717) is 0 Å². The second kappa shape index (κ2) is 6.71. The van der Waals surface area contributed by atoms with Crippen LogP contribution in [0.5, 0.6) is 0 Å². The number of nitrogens with one attached hydrogen (secondary N) is 1. The van der Waals surface area contributed by atoms with Crippen molar-refractivity contribution in [3.8, 4) is 0 Å². The molecule has 0 heterocycles. The van der Waals surface area contributed by atoms with Crippen LogP contribution in [-0.2, 0) is 11.3 Å². The third kappa shape index (κ3) is 3.80. The predicted molar refractivity (Wildman–Crippen MR) is 76.0 cm³/mol. The summed E-state index contributed by atoms with van der Waals surface area (Å²) in [6, 6.07) is 8.32. The molecule has 0 aliphatic heterocycles. The maximum absolute atomic E-state index is 11.2. The van der Waals surface area contributed by atoms with Crippen molar-refractivity contribution >= 4 is 5.97 Å². The SMILES string of the molecule is Cc1ccccc1CNCC1CCCCC1C(=O)O. The van der Waals surface area contributed by atoms with Crippen molar-refractivity contribution in [1.82, 2.24) is 5.32 Å². The summed E-state index contributed by atoms with van der Waals surface area (Å²) in [7, 11) is 0. The fraction of sp³-hybridized carbons (Fsp3) is 0.562. The standard InChI is InChI=1S/C16H23NO2/c1-12-6-2-3-7-13(12)10-17-11-14-8-4-5-9-15(14)16(18)19/h2-3,6-7,14-15,17H,4-5,8-11H2,1H3,(H,18,19). The number of carboxylic acids is 1. The lowest BCUT2D eigenvalue weighted by molar-refractivity contribution is -0.144. The second-order valence-electron chi connectivity index (χ2n) is 5.55. The van der Waals surface area contributed by atoms with E-state index >= 15 is 0 Å². The lowest BCUT2D eigenvalue weighted by atomic mass is 9.79. The first-order valence-corrected chi connectivity index (χ1v) is 7.16. The first-order chi connectivity index (χ1) is 9.18. The van der Waals surface area contributed by atoms with Crippen molar-refractivity contribution < 1.29 is 9.90 Å². The fourth-order valence-electron chi connectivity index (χ4n) is 2.98. The summed E-state index contributed by atoms with van der Waals surface area (Å²) in [6.07, 6.45) is 4.11. The van der Waals surface area contributed by atoms with Crippen LogP contribution < -0.4 is 5.32 Å². The Labute approximate surface area is 115 Å². The number of rotatable bonds is 5. The molecule has 2 unspecified atom stereocenters. The molecule has 1 aliphatic rings. The summed E-state index contributed by atoms with van der Waals surface area (Å²) in [5, 5.41) is 12.7. The van der Waals surface area contributed by atoms with Gasteiger partial charge < -0.3 is 10.4 Å². The molecule has 3 nitrogen and oxygen atoms in total. The van der Waals surface area contributed by atoms with Crippen LogP contribution in [0.4, 0.5) is 0 Å². The van der Waals surface area contributed by atoms with E-state index in [0.717, 1.165) is 32.4 Å². The summed E-state index contributed by atoms with van der Waals surface area (Å²) >= 11 is 0. The van der Waals surface area contributed by atoms with Gasteiger partial charge in [-0.2, -0.15) is 0 Å². The molecule has 3 heteroatoms. The molecule has 0 spiro atoms. The van der Waals surface area contributed by atoms with Crippen molar-refractivity contribution in [2.75, 3.05) is 6.54 Å². The highest BCUT2D eigenvalue weighted by molar-refractivity contribution is 5.70. The second-order valence-corrected chi connectivity index (χ2v) is 5.55. The molecule has 0 saturated heterocycles. The van der Waals surface area contributed by atoms with E-state index in [1.807, 2.05) is 12.1 Å². The fourth-order valence-corrected chi connectivity index (χ4v) is 2.98. The molecule has 104 valence electrons. The van der Waals surface area contributed by atoms with Crippen LogP contribution >= 0.6 is 0 Å². The number of carbonyl (C=O) groups is 1. The highest BCUT2D eigenvalue weighted by Crippen LogP contribution is 2.29. The number of hydrogen-bond acceptors (Lipinski definition) is 2. The van der Waals surface area contributed by atoms with Gasteiger partial charge in [-0.15, -0.1) is 0 Å². The number of aryl methyl sites for hydroxylation is 1. The van der Waals surface area contributed by atoms with Crippen LogP contribution in [0.25, 0.3) is 0 Å². The van der Waals surface area contributed by atoms with Gasteiger partial charge in [0.25, 0.3) is 0 Å². The molecule has 0 bridgehead atoms. The topological polar surface area (TPSA) is 49.3 Å². The third-order valence-electron chi connectivity index (χ3n) is 4.21. The summed E-state index contributed by atoms with van der Waals surface area (Å²) in [5.41, 5.74) is 2.58. The van der Waals surface area contributed by atoms with Gasteiger partial charge in [-0.3, -0.25) is 4.79 Å². The Morgan fingerprint density at radius 2 is 2.05 bits per heavy atom.